The predicted octanol–water partition coefficient (Wildman–Crippen LogP) is 9.29. The van der Waals surface area contributed by atoms with Gasteiger partial charge in [0.05, 0.1) is 5.52 Å². The molecule has 0 saturated heterocycles. The molecule has 2 aromatic heterocycles. The number of hydrogen-bond acceptors (Lipinski definition) is 3. The van der Waals surface area contributed by atoms with E-state index in [0.717, 1.165) is 44.5 Å². The zero-order chi connectivity index (χ0) is 26.8. The van der Waals surface area contributed by atoms with Crippen molar-refractivity contribution >= 4 is 38.8 Å². The van der Waals surface area contributed by atoms with Crippen molar-refractivity contribution in [1.29, 1.82) is 0 Å². The Morgan fingerprint density at radius 2 is 1.44 bits per heavy atom. The number of benzene rings is 4. The summed E-state index contributed by atoms with van der Waals surface area (Å²) in [7, 11) is 0. The van der Waals surface area contributed by atoms with E-state index in [9.17, 15) is 0 Å². The Labute approximate surface area is 229 Å². The minimum atomic E-state index is 0.756. The Balaban J connectivity index is 1.43. The van der Waals surface area contributed by atoms with Crippen LogP contribution in [0.5, 0.6) is 0 Å². The van der Waals surface area contributed by atoms with Crippen molar-refractivity contribution in [2.75, 3.05) is 0 Å². The van der Waals surface area contributed by atoms with E-state index in [1.165, 1.54) is 27.6 Å². The van der Waals surface area contributed by atoms with Gasteiger partial charge in [-0.05, 0) is 77.8 Å². The fourth-order valence-corrected chi connectivity index (χ4v) is 5.19. The first-order chi connectivity index (χ1) is 19.1. The van der Waals surface area contributed by atoms with Gasteiger partial charge in [-0.3, -0.25) is 4.98 Å². The van der Waals surface area contributed by atoms with Crippen LogP contribution in [0.4, 0.5) is 5.82 Å². The van der Waals surface area contributed by atoms with E-state index >= 15 is 0 Å². The second-order valence-electron chi connectivity index (χ2n) is 9.87. The van der Waals surface area contributed by atoms with E-state index in [1.807, 2.05) is 31.5 Å². The quantitative estimate of drug-likeness (QED) is 0.220. The first-order valence-electron chi connectivity index (χ1n) is 13.2. The van der Waals surface area contributed by atoms with Gasteiger partial charge in [-0.2, -0.15) is 0 Å². The van der Waals surface area contributed by atoms with Gasteiger partial charge in [0, 0.05) is 34.4 Å². The average molecular weight is 504 g/mol. The topological polar surface area (TPSA) is 38.1 Å². The molecule has 3 nitrogen and oxygen atoms in total. The van der Waals surface area contributed by atoms with Crippen LogP contribution in [0.25, 0.3) is 38.4 Å². The summed E-state index contributed by atoms with van der Waals surface area (Å²) in [5, 5.41) is 3.47. The van der Waals surface area contributed by atoms with E-state index in [4.69, 9.17) is 4.99 Å². The number of rotatable bonds is 5. The fourth-order valence-electron chi connectivity index (χ4n) is 5.19. The van der Waals surface area contributed by atoms with Crippen LogP contribution < -0.4 is 0 Å². The Hall–Kier alpha value is -4.89. The number of aryl methyl sites for hydroxylation is 2. The molecule has 0 unspecified atom stereocenters. The zero-order valence-electron chi connectivity index (χ0n) is 22.4. The summed E-state index contributed by atoms with van der Waals surface area (Å²) in [6.45, 7) is 6.29. The van der Waals surface area contributed by atoms with Crippen LogP contribution in [0.1, 0.15) is 29.2 Å². The number of allylic oxidation sites excluding steroid dienone is 1. The van der Waals surface area contributed by atoms with Crippen LogP contribution >= 0.6 is 0 Å². The second-order valence-corrected chi connectivity index (χ2v) is 9.87. The molecule has 0 spiro atoms. The molecule has 0 aliphatic heterocycles. The van der Waals surface area contributed by atoms with E-state index in [-0.39, 0.29) is 0 Å². The van der Waals surface area contributed by atoms with Crippen molar-refractivity contribution in [3.63, 3.8) is 0 Å². The Kier molecular flexibility index (Phi) is 6.56. The highest BCUT2D eigenvalue weighted by molar-refractivity contribution is 6.04. The van der Waals surface area contributed by atoms with E-state index in [2.05, 4.69) is 121 Å². The van der Waals surface area contributed by atoms with Crippen LogP contribution in [-0.4, -0.2) is 15.7 Å². The van der Waals surface area contributed by atoms with Gasteiger partial charge in [0.1, 0.15) is 0 Å². The summed E-state index contributed by atoms with van der Waals surface area (Å²) in [6, 6.07) is 36.0. The van der Waals surface area contributed by atoms with E-state index in [1.54, 1.807) is 0 Å². The van der Waals surface area contributed by atoms with Gasteiger partial charge in [0.2, 0.25) is 0 Å². The number of nitrogens with zero attached hydrogens (tertiary/aromatic N) is 3. The third kappa shape index (κ3) is 4.87. The molecular weight excluding hydrogens is 474 g/mol. The van der Waals surface area contributed by atoms with Crippen molar-refractivity contribution in [3.05, 3.63) is 144 Å². The lowest BCUT2D eigenvalue weighted by Crippen LogP contribution is -1.96. The first kappa shape index (κ1) is 24.4. The number of aliphatic imine (C=N–C) groups is 1. The summed E-state index contributed by atoms with van der Waals surface area (Å²) in [4.78, 5) is 14.1. The highest BCUT2D eigenvalue weighted by Crippen LogP contribution is 2.32. The molecule has 0 atom stereocenters. The van der Waals surface area contributed by atoms with Crippen LogP contribution in [0.3, 0.4) is 0 Å². The highest BCUT2D eigenvalue weighted by atomic mass is 14.9. The first-order valence-corrected chi connectivity index (χ1v) is 13.2. The van der Waals surface area contributed by atoms with Gasteiger partial charge in [-0.25, -0.2) is 9.98 Å². The molecule has 188 valence electrons. The number of para-hydroxylation sites is 1. The third-order valence-electron chi connectivity index (χ3n) is 7.25. The second kappa shape index (κ2) is 10.5. The van der Waals surface area contributed by atoms with Crippen molar-refractivity contribution in [1.82, 2.24) is 9.97 Å². The smallest absolute Gasteiger partial charge is 0.155 e. The summed E-state index contributed by atoms with van der Waals surface area (Å²) in [5.41, 5.74) is 10.0. The van der Waals surface area contributed by atoms with Gasteiger partial charge < -0.3 is 0 Å². The maximum atomic E-state index is 4.95. The molecule has 6 rings (SSSR count). The van der Waals surface area contributed by atoms with E-state index < -0.39 is 0 Å². The van der Waals surface area contributed by atoms with Crippen molar-refractivity contribution < 1.29 is 0 Å². The maximum absolute atomic E-state index is 4.95. The van der Waals surface area contributed by atoms with Crippen LogP contribution in [-0.2, 0) is 0 Å². The number of hydrogen-bond donors (Lipinski definition) is 0. The number of fused-ring (bicyclic) bond motifs is 2. The van der Waals surface area contributed by atoms with Crippen LogP contribution in [0.2, 0.25) is 0 Å². The zero-order valence-corrected chi connectivity index (χ0v) is 22.4. The Morgan fingerprint density at radius 1 is 0.718 bits per heavy atom. The highest BCUT2D eigenvalue weighted by Gasteiger charge is 2.11. The molecule has 3 heteroatoms. The molecule has 0 amide bonds. The minimum Gasteiger partial charge on any atom is -0.256 e. The summed E-state index contributed by atoms with van der Waals surface area (Å²) in [5.74, 6) is 0.756. The largest absolute Gasteiger partial charge is 0.256 e. The normalized spacial score (nSPS) is 12.3. The number of aromatic nitrogens is 2. The molecule has 0 bridgehead atoms. The van der Waals surface area contributed by atoms with Gasteiger partial charge in [-0.15, -0.1) is 0 Å². The lowest BCUT2D eigenvalue weighted by molar-refractivity contribution is 1.25. The van der Waals surface area contributed by atoms with Gasteiger partial charge in [0.15, 0.2) is 5.82 Å². The molecule has 0 aliphatic rings. The molecular formula is C36H29N3. The molecule has 0 radical (unpaired) electrons. The molecule has 0 saturated carbocycles. The lowest BCUT2D eigenvalue weighted by atomic mass is 9.91. The lowest BCUT2D eigenvalue weighted by Gasteiger charge is -2.13. The van der Waals surface area contributed by atoms with Crippen molar-refractivity contribution in [3.8, 4) is 11.1 Å². The standard InChI is InChI=1S/C36H29N3/c1-24-10-4-6-12-30(24)34(22-25(2)39-36-26(3)31-13-7-5-11-29(31)23-38-36)28-18-16-27(17-19-28)32-20-21-37-35-15-9-8-14-33(32)35/h4-23H,1-3H3/b34-22-,39-25?. The van der Waals surface area contributed by atoms with E-state index in [0.29, 0.717) is 0 Å². The van der Waals surface area contributed by atoms with Crippen LogP contribution in [0.15, 0.2) is 127 Å². The van der Waals surface area contributed by atoms with Crippen molar-refractivity contribution in [2.45, 2.75) is 20.8 Å². The molecule has 2 heterocycles. The fraction of sp³-hybridized carbons (Fsp3) is 0.0833. The molecule has 0 N–H and O–H groups in total. The third-order valence-corrected chi connectivity index (χ3v) is 7.25. The minimum absolute atomic E-state index is 0.756. The number of pyridine rings is 2. The monoisotopic (exact) mass is 503 g/mol. The summed E-state index contributed by atoms with van der Waals surface area (Å²) >= 11 is 0. The summed E-state index contributed by atoms with van der Waals surface area (Å²) < 4.78 is 0. The Morgan fingerprint density at radius 3 is 2.26 bits per heavy atom. The van der Waals surface area contributed by atoms with Crippen molar-refractivity contribution in [2.24, 2.45) is 4.99 Å². The van der Waals surface area contributed by atoms with Gasteiger partial charge in [-0.1, -0.05) is 91.0 Å². The van der Waals surface area contributed by atoms with Gasteiger partial charge >= 0.3 is 0 Å². The Bertz CT molecular complexity index is 1870. The van der Waals surface area contributed by atoms with Gasteiger partial charge in [0.25, 0.3) is 0 Å². The molecule has 0 fully saturated rings. The molecule has 4 aromatic carbocycles. The average Bonchev–Trinajstić information content (AvgIpc) is 2.98. The molecule has 39 heavy (non-hydrogen) atoms. The van der Waals surface area contributed by atoms with Crippen LogP contribution in [0, 0.1) is 13.8 Å². The maximum Gasteiger partial charge on any atom is 0.155 e. The SMILES string of the molecule is CC(/C=C(/c1ccc(-c2ccnc3ccccc23)cc1)c1ccccc1C)=Nc1ncc2ccccc2c1C. The molecule has 0 aliphatic carbocycles. The predicted molar refractivity (Wildman–Crippen MR) is 165 cm³/mol. The molecule has 6 aromatic rings. The summed E-state index contributed by atoms with van der Waals surface area (Å²) in [6.07, 6.45) is 5.96.